The van der Waals surface area contributed by atoms with Gasteiger partial charge in [-0.05, 0) is 5.92 Å². The lowest BCUT2D eigenvalue weighted by molar-refractivity contribution is 0.102. The lowest BCUT2D eigenvalue weighted by Gasteiger charge is -1.78. The average Bonchev–Trinajstić information content (AvgIpc) is 2.34. The molecule has 0 aromatic carbocycles. The third-order valence-electron chi connectivity index (χ3n) is 0.976. The summed E-state index contributed by atoms with van der Waals surface area (Å²) in [6.45, 7) is 1.49. The predicted octanol–water partition coefficient (Wildman–Crippen LogP) is 1.33. The van der Waals surface area contributed by atoms with E-state index in [0.717, 1.165) is 0 Å². The monoisotopic (exact) mass is 151 g/mol. The highest BCUT2D eigenvalue weighted by Gasteiger charge is 2.02. The highest BCUT2D eigenvalue weighted by atomic mass is 32.1. The van der Waals surface area contributed by atoms with Crippen molar-refractivity contribution < 1.29 is 4.79 Å². The predicted molar refractivity (Wildman–Crippen MR) is 40.1 cm³/mol. The first kappa shape index (κ1) is 6.97. The van der Waals surface area contributed by atoms with Crippen molar-refractivity contribution in [2.45, 2.75) is 6.92 Å². The van der Waals surface area contributed by atoms with Gasteiger partial charge < -0.3 is 0 Å². The molecule has 0 saturated carbocycles. The minimum Gasteiger partial charge on any atom is -0.294 e. The van der Waals surface area contributed by atoms with Crippen LogP contribution in [0.25, 0.3) is 0 Å². The quantitative estimate of drug-likeness (QED) is 0.447. The molecule has 0 fully saturated rings. The summed E-state index contributed by atoms with van der Waals surface area (Å²) in [5.41, 5.74) is 0. The first-order valence-corrected chi connectivity index (χ1v) is 3.49. The summed E-state index contributed by atoms with van der Waals surface area (Å²) in [5.74, 6) is 2.37. The zero-order valence-corrected chi connectivity index (χ0v) is 6.23. The lowest BCUT2D eigenvalue weighted by atomic mass is 10.4. The maximum Gasteiger partial charge on any atom is 0.171 e. The summed E-state index contributed by atoms with van der Waals surface area (Å²) >= 11 is 1.24. The van der Waals surface area contributed by atoms with Crippen LogP contribution >= 0.6 is 11.3 Å². The number of aromatic nitrogens is 1. The van der Waals surface area contributed by atoms with E-state index < -0.39 is 0 Å². The van der Waals surface area contributed by atoms with Crippen LogP contribution in [-0.2, 0) is 0 Å². The molecular weight excluding hydrogens is 146 g/mol. The number of hydrogen-bond acceptors (Lipinski definition) is 3. The van der Waals surface area contributed by atoms with Gasteiger partial charge in [0.1, 0.15) is 0 Å². The van der Waals surface area contributed by atoms with Gasteiger partial charge in [-0.25, -0.2) is 4.98 Å². The van der Waals surface area contributed by atoms with E-state index in [9.17, 15) is 4.79 Å². The van der Waals surface area contributed by atoms with E-state index in [1.54, 1.807) is 0 Å². The largest absolute Gasteiger partial charge is 0.294 e. The first-order valence-electron chi connectivity index (χ1n) is 2.67. The summed E-state index contributed by atoms with van der Waals surface area (Å²) in [7, 11) is 0. The molecule has 50 valence electrons. The molecule has 0 aliphatic heterocycles. The summed E-state index contributed by atoms with van der Waals surface area (Å²) in [4.78, 5) is 15.1. The van der Waals surface area contributed by atoms with Crippen LogP contribution in [0.4, 0.5) is 0 Å². The van der Waals surface area contributed by atoms with Gasteiger partial charge in [0.25, 0.3) is 0 Å². The fourth-order valence-electron chi connectivity index (χ4n) is 0.504. The van der Waals surface area contributed by atoms with Gasteiger partial charge >= 0.3 is 0 Å². The van der Waals surface area contributed by atoms with Crippen LogP contribution in [0.5, 0.6) is 0 Å². The van der Waals surface area contributed by atoms with Crippen LogP contribution < -0.4 is 0 Å². The standard InChI is InChI=1S/C7H5NOS/c1-3-7-8-4-6(10-7)5(2)9/h1,4H,2H3. The lowest BCUT2D eigenvalue weighted by Crippen LogP contribution is -1.83. The van der Waals surface area contributed by atoms with Crippen molar-refractivity contribution in [1.82, 2.24) is 4.98 Å². The van der Waals surface area contributed by atoms with Gasteiger partial charge in [0, 0.05) is 6.92 Å². The van der Waals surface area contributed by atoms with Crippen molar-refractivity contribution in [2.75, 3.05) is 0 Å². The van der Waals surface area contributed by atoms with Crippen molar-refractivity contribution in [2.24, 2.45) is 0 Å². The second kappa shape index (κ2) is 2.63. The molecule has 0 amide bonds. The first-order chi connectivity index (χ1) is 4.74. The highest BCUT2D eigenvalue weighted by Crippen LogP contribution is 2.11. The van der Waals surface area contributed by atoms with Gasteiger partial charge in [0.05, 0.1) is 11.1 Å². The Labute approximate surface area is 62.9 Å². The number of terminal acetylenes is 1. The third kappa shape index (κ3) is 1.23. The van der Waals surface area contributed by atoms with Crippen LogP contribution in [0, 0.1) is 12.3 Å². The summed E-state index contributed by atoms with van der Waals surface area (Å²) in [6, 6.07) is 0. The Morgan fingerprint density at radius 3 is 2.90 bits per heavy atom. The third-order valence-corrected chi connectivity index (χ3v) is 2.01. The normalized spacial score (nSPS) is 8.80. The van der Waals surface area contributed by atoms with Gasteiger partial charge in [-0.2, -0.15) is 0 Å². The van der Waals surface area contributed by atoms with Crippen molar-refractivity contribution in [3.8, 4) is 12.3 Å². The molecule has 0 aliphatic rings. The second-order valence-corrected chi connectivity index (χ2v) is 2.76. The van der Waals surface area contributed by atoms with Crippen molar-refractivity contribution in [3.63, 3.8) is 0 Å². The summed E-state index contributed by atoms with van der Waals surface area (Å²) in [6.07, 6.45) is 6.55. The van der Waals surface area contributed by atoms with Gasteiger partial charge in [-0.15, -0.1) is 17.8 Å². The SMILES string of the molecule is C#Cc1ncc(C(C)=O)s1. The minimum atomic E-state index is 0.0130. The Kier molecular flexibility index (Phi) is 1.83. The van der Waals surface area contributed by atoms with Crippen LogP contribution in [-0.4, -0.2) is 10.8 Å². The van der Waals surface area contributed by atoms with Crippen LogP contribution in [0.2, 0.25) is 0 Å². The molecule has 0 bridgehead atoms. The van der Waals surface area contributed by atoms with Crippen LogP contribution in [0.1, 0.15) is 21.6 Å². The summed E-state index contributed by atoms with van der Waals surface area (Å²) < 4.78 is 0. The molecule has 1 aromatic heterocycles. The van der Waals surface area contributed by atoms with E-state index in [1.807, 2.05) is 0 Å². The van der Waals surface area contributed by atoms with Crippen molar-refractivity contribution in [1.29, 1.82) is 0 Å². The Bertz CT molecular complexity index is 295. The fourth-order valence-corrected chi connectivity index (χ4v) is 1.13. The fraction of sp³-hybridized carbons (Fsp3) is 0.143. The molecule has 2 nitrogen and oxygen atoms in total. The molecule has 0 radical (unpaired) electrons. The number of ketones is 1. The Morgan fingerprint density at radius 1 is 1.90 bits per heavy atom. The van der Waals surface area contributed by atoms with Gasteiger partial charge in [0.15, 0.2) is 10.8 Å². The molecule has 0 aliphatic carbocycles. The van der Waals surface area contributed by atoms with E-state index in [1.165, 1.54) is 24.5 Å². The van der Waals surface area contributed by atoms with Gasteiger partial charge in [0.2, 0.25) is 0 Å². The molecular formula is C7H5NOS. The average molecular weight is 151 g/mol. The maximum absolute atomic E-state index is 10.7. The molecule has 0 unspecified atom stereocenters. The molecule has 0 atom stereocenters. The Morgan fingerprint density at radius 2 is 2.60 bits per heavy atom. The number of hydrogen-bond donors (Lipinski definition) is 0. The van der Waals surface area contributed by atoms with E-state index >= 15 is 0 Å². The van der Waals surface area contributed by atoms with Gasteiger partial charge in [-0.3, -0.25) is 4.79 Å². The Hall–Kier alpha value is -1.14. The molecule has 0 N–H and O–H groups in total. The molecule has 0 saturated heterocycles. The van der Waals surface area contributed by atoms with E-state index in [-0.39, 0.29) is 5.78 Å². The number of thiazole rings is 1. The van der Waals surface area contributed by atoms with Crippen LogP contribution in [0.15, 0.2) is 6.20 Å². The molecule has 0 spiro atoms. The van der Waals surface area contributed by atoms with Gasteiger partial charge in [-0.1, -0.05) is 0 Å². The molecule has 1 aromatic rings. The molecule has 10 heavy (non-hydrogen) atoms. The second-order valence-electron chi connectivity index (χ2n) is 1.73. The smallest absolute Gasteiger partial charge is 0.171 e. The zero-order chi connectivity index (χ0) is 7.56. The van der Waals surface area contributed by atoms with Crippen molar-refractivity contribution >= 4 is 17.1 Å². The highest BCUT2D eigenvalue weighted by molar-refractivity contribution is 7.14. The number of carbonyl (C=O) groups is 1. The maximum atomic E-state index is 10.7. The number of nitrogens with zero attached hydrogens (tertiary/aromatic N) is 1. The zero-order valence-electron chi connectivity index (χ0n) is 5.42. The van der Waals surface area contributed by atoms with E-state index in [2.05, 4.69) is 10.9 Å². The summed E-state index contributed by atoms with van der Waals surface area (Å²) in [5, 5.41) is 0.560. The molecule has 3 heteroatoms. The topological polar surface area (TPSA) is 30.0 Å². The number of rotatable bonds is 1. The molecule has 1 heterocycles. The van der Waals surface area contributed by atoms with E-state index in [4.69, 9.17) is 6.42 Å². The van der Waals surface area contributed by atoms with Crippen molar-refractivity contribution in [3.05, 3.63) is 16.1 Å². The minimum absolute atomic E-state index is 0.0130. The van der Waals surface area contributed by atoms with Crippen LogP contribution in [0.3, 0.4) is 0 Å². The molecule has 1 rings (SSSR count). The number of carbonyl (C=O) groups excluding carboxylic acids is 1. The Balaban J connectivity index is 3.02. The number of Topliss-reactive ketones (excluding diaryl/α,β-unsaturated/α-hetero) is 1. The van der Waals surface area contributed by atoms with E-state index in [0.29, 0.717) is 9.88 Å².